The Kier molecular flexibility index (Phi) is 3.82. The second-order valence-corrected chi connectivity index (χ2v) is 5.25. The fourth-order valence-corrected chi connectivity index (χ4v) is 2.39. The van der Waals surface area contributed by atoms with Crippen molar-refractivity contribution in [2.75, 3.05) is 20.1 Å². The van der Waals surface area contributed by atoms with Crippen LogP contribution in [-0.4, -0.2) is 30.9 Å². The van der Waals surface area contributed by atoms with Crippen molar-refractivity contribution in [1.82, 2.24) is 4.90 Å². The lowest BCUT2D eigenvalue weighted by Gasteiger charge is -2.15. The van der Waals surface area contributed by atoms with Gasteiger partial charge in [-0.2, -0.15) is 0 Å². The number of rotatable bonds is 3. The highest BCUT2D eigenvalue weighted by Crippen LogP contribution is 2.29. The average Bonchev–Trinajstić information content (AvgIpc) is 3.01. The molecule has 1 aliphatic rings. The quantitative estimate of drug-likeness (QED) is 0.825. The van der Waals surface area contributed by atoms with E-state index in [-0.39, 0.29) is 5.91 Å². The molecule has 90 valence electrons. The summed E-state index contributed by atoms with van der Waals surface area (Å²) in [5, 5.41) is 1.87. The third-order valence-electron chi connectivity index (χ3n) is 2.74. The van der Waals surface area contributed by atoms with Gasteiger partial charge in [0.15, 0.2) is 0 Å². The van der Waals surface area contributed by atoms with Gasteiger partial charge in [0.2, 0.25) is 0 Å². The second-order valence-electron chi connectivity index (χ2n) is 4.33. The molecule has 4 heteroatoms. The first kappa shape index (κ1) is 12.2. The Labute approximate surface area is 106 Å². The maximum Gasteiger partial charge on any atom is 0.254 e. The molecule has 1 amide bonds. The van der Waals surface area contributed by atoms with Crippen LogP contribution in [0.5, 0.6) is 0 Å². The number of hydrogen-bond donors (Lipinski definition) is 1. The predicted molar refractivity (Wildman–Crippen MR) is 69.9 cm³/mol. The Balaban J connectivity index is 2.00. The van der Waals surface area contributed by atoms with Crippen LogP contribution in [0.3, 0.4) is 0 Å². The Morgan fingerprint density at radius 2 is 2.41 bits per heavy atom. The maximum absolute atomic E-state index is 12.1. The van der Waals surface area contributed by atoms with Crippen molar-refractivity contribution in [2.45, 2.75) is 12.8 Å². The molecule has 1 saturated carbocycles. The van der Waals surface area contributed by atoms with E-state index in [4.69, 9.17) is 5.73 Å². The van der Waals surface area contributed by atoms with Gasteiger partial charge in [0.1, 0.15) is 0 Å². The van der Waals surface area contributed by atoms with E-state index in [1.54, 1.807) is 4.90 Å². The molecule has 1 aliphatic carbocycles. The van der Waals surface area contributed by atoms with Gasteiger partial charge < -0.3 is 10.6 Å². The molecule has 0 saturated heterocycles. The average molecular weight is 248 g/mol. The molecule has 0 aromatic carbocycles. The summed E-state index contributed by atoms with van der Waals surface area (Å²) in [7, 11) is 1.86. The van der Waals surface area contributed by atoms with Crippen molar-refractivity contribution >= 4 is 17.2 Å². The number of amides is 1. The zero-order valence-corrected chi connectivity index (χ0v) is 10.7. The molecule has 0 aliphatic heterocycles. The Hall–Kier alpha value is -1.31. The standard InChI is InChI=1S/C13H16N2OS/c1-15(8-10-4-5-10)13(16)11-7-12(17-9-11)3-2-6-14/h7,9-10H,4-6,8,14H2,1H3. The van der Waals surface area contributed by atoms with E-state index in [0.29, 0.717) is 6.54 Å². The van der Waals surface area contributed by atoms with Gasteiger partial charge in [-0.15, -0.1) is 11.3 Å². The Morgan fingerprint density at radius 1 is 1.65 bits per heavy atom. The van der Waals surface area contributed by atoms with E-state index < -0.39 is 0 Å². The van der Waals surface area contributed by atoms with Crippen LogP contribution in [-0.2, 0) is 0 Å². The molecule has 1 fully saturated rings. The number of nitrogens with zero attached hydrogens (tertiary/aromatic N) is 1. The van der Waals surface area contributed by atoms with Crippen LogP contribution in [0, 0.1) is 17.8 Å². The monoisotopic (exact) mass is 248 g/mol. The van der Waals surface area contributed by atoms with E-state index in [9.17, 15) is 4.79 Å². The van der Waals surface area contributed by atoms with Crippen molar-refractivity contribution in [3.8, 4) is 11.8 Å². The van der Waals surface area contributed by atoms with Crippen molar-refractivity contribution in [2.24, 2.45) is 11.7 Å². The van der Waals surface area contributed by atoms with Crippen LogP contribution in [0.2, 0.25) is 0 Å². The number of carbonyl (C=O) groups excluding carboxylic acids is 1. The van der Waals surface area contributed by atoms with E-state index in [1.165, 1.54) is 24.2 Å². The lowest BCUT2D eigenvalue weighted by molar-refractivity contribution is 0.0789. The van der Waals surface area contributed by atoms with Crippen LogP contribution in [0.15, 0.2) is 11.4 Å². The molecule has 1 aromatic heterocycles. The summed E-state index contributed by atoms with van der Waals surface area (Å²) >= 11 is 1.49. The minimum absolute atomic E-state index is 0.0916. The van der Waals surface area contributed by atoms with Gasteiger partial charge in [-0.05, 0) is 24.8 Å². The highest BCUT2D eigenvalue weighted by Gasteiger charge is 2.25. The smallest absolute Gasteiger partial charge is 0.254 e. The zero-order valence-electron chi connectivity index (χ0n) is 9.90. The first-order valence-electron chi connectivity index (χ1n) is 5.73. The van der Waals surface area contributed by atoms with Crippen LogP contribution in [0.4, 0.5) is 0 Å². The summed E-state index contributed by atoms with van der Waals surface area (Å²) in [5.74, 6) is 6.55. The van der Waals surface area contributed by atoms with E-state index in [2.05, 4.69) is 11.8 Å². The summed E-state index contributed by atoms with van der Waals surface area (Å²) in [6.07, 6.45) is 2.52. The summed E-state index contributed by atoms with van der Waals surface area (Å²) in [6.45, 7) is 1.22. The van der Waals surface area contributed by atoms with Crippen molar-refractivity contribution < 1.29 is 4.79 Å². The van der Waals surface area contributed by atoms with E-state index >= 15 is 0 Å². The van der Waals surface area contributed by atoms with Gasteiger partial charge in [-0.1, -0.05) is 11.8 Å². The van der Waals surface area contributed by atoms with E-state index in [0.717, 1.165) is 22.9 Å². The van der Waals surface area contributed by atoms with Crippen molar-refractivity contribution in [1.29, 1.82) is 0 Å². The molecule has 3 nitrogen and oxygen atoms in total. The zero-order chi connectivity index (χ0) is 12.3. The Morgan fingerprint density at radius 3 is 3.06 bits per heavy atom. The molecule has 2 rings (SSSR count). The molecule has 1 aromatic rings. The highest BCUT2D eigenvalue weighted by molar-refractivity contribution is 7.10. The first-order valence-corrected chi connectivity index (χ1v) is 6.61. The molecule has 2 N–H and O–H groups in total. The summed E-state index contributed by atoms with van der Waals surface area (Å²) in [5.41, 5.74) is 6.04. The van der Waals surface area contributed by atoms with Crippen LogP contribution < -0.4 is 5.73 Å². The fourth-order valence-electron chi connectivity index (χ4n) is 1.64. The van der Waals surface area contributed by atoms with Gasteiger partial charge in [0, 0.05) is 19.0 Å². The number of carbonyl (C=O) groups is 1. The first-order chi connectivity index (χ1) is 8.20. The van der Waals surface area contributed by atoms with Gasteiger partial charge in [0.05, 0.1) is 17.0 Å². The maximum atomic E-state index is 12.1. The molecule has 0 radical (unpaired) electrons. The molecule has 0 spiro atoms. The largest absolute Gasteiger partial charge is 0.341 e. The second kappa shape index (κ2) is 5.35. The topological polar surface area (TPSA) is 46.3 Å². The predicted octanol–water partition coefficient (Wildman–Crippen LogP) is 1.54. The van der Waals surface area contributed by atoms with Gasteiger partial charge in [-0.3, -0.25) is 4.79 Å². The minimum Gasteiger partial charge on any atom is -0.341 e. The fraction of sp³-hybridized carbons (Fsp3) is 0.462. The van der Waals surface area contributed by atoms with Gasteiger partial charge in [0.25, 0.3) is 5.91 Å². The third kappa shape index (κ3) is 3.32. The molecule has 1 heterocycles. The highest BCUT2D eigenvalue weighted by atomic mass is 32.1. The summed E-state index contributed by atoms with van der Waals surface area (Å²) in [6, 6.07) is 1.85. The Bertz CT molecular complexity index is 465. The van der Waals surface area contributed by atoms with Crippen molar-refractivity contribution in [3.63, 3.8) is 0 Å². The van der Waals surface area contributed by atoms with Crippen molar-refractivity contribution in [3.05, 3.63) is 21.9 Å². The molecule has 0 unspecified atom stereocenters. The lowest BCUT2D eigenvalue weighted by Crippen LogP contribution is -2.28. The normalized spacial score (nSPS) is 14.0. The molecule has 17 heavy (non-hydrogen) atoms. The molecular weight excluding hydrogens is 232 g/mol. The third-order valence-corrected chi connectivity index (χ3v) is 3.58. The summed E-state index contributed by atoms with van der Waals surface area (Å²) in [4.78, 5) is 14.8. The minimum atomic E-state index is 0.0916. The van der Waals surface area contributed by atoms with Crippen LogP contribution in [0.1, 0.15) is 28.1 Å². The van der Waals surface area contributed by atoms with Gasteiger partial charge in [-0.25, -0.2) is 0 Å². The van der Waals surface area contributed by atoms with Crippen LogP contribution in [0.25, 0.3) is 0 Å². The molecule has 0 atom stereocenters. The number of nitrogens with two attached hydrogens (primary N) is 1. The van der Waals surface area contributed by atoms with Crippen LogP contribution >= 0.6 is 11.3 Å². The lowest BCUT2D eigenvalue weighted by atomic mass is 10.2. The molecule has 0 bridgehead atoms. The van der Waals surface area contributed by atoms with Gasteiger partial charge >= 0.3 is 0 Å². The molecular formula is C13H16N2OS. The SMILES string of the molecule is CN(CC1CC1)C(=O)c1csc(C#CCN)c1. The number of hydrogen-bond acceptors (Lipinski definition) is 3. The number of thiophene rings is 1. The summed E-state index contributed by atoms with van der Waals surface area (Å²) < 4.78 is 0. The van der Waals surface area contributed by atoms with E-state index in [1.807, 2.05) is 18.5 Å².